The molecule has 5 heteroatoms. The van der Waals surface area contributed by atoms with E-state index < -0.39 is 0 Å². The first-order chi connectivity index (χ1) is 9.33. The van der Waals surface area contributed by atoms with Gasteiger partial charge in [-0.1, -0.05) is 29.7 Å². The summed E-state index contributed by atoms with van der Waals surface area (Å²) in [4.78, 5) is 0. The lowest BCUT2D eigenvalue weighted by Gasteiger charge is -2.07. The molecule has 1 aromatic rings. The molecule has 1 rings (SSSR count). The average Bonchev–Trinajstić information content (AvgIpc) is 2.43. The number of hydrogen-bond acceptors (Lipinski definition) is 4. The topological polar surface area (TPSA) is 36.9 Å². The maximum absolute atomic E-state index is 5.60. The van der Waals surface area contributed by atoms with Gasteiger partial charge < -0.3 is 18.9 Å². The van der Waals surface area contributed by atoms with Crippen molar-refractivity contribution in [3.05, 3.63) is 29.8 Å². The Morgan fingerprint density at radius 3 is 1.89 bits per heavy atom. The summed E-state index contributed by atoms with van der Waals surface area (Å²) in [6, 6.07) is 7.65. The molecule has 0 aromatic heterocycles. The van der Waals surface area contributed by atoms with Crippen molar-refractivity contribution in [1.82, 2.24) is 0 Å². The van der Waals surface area contributed by atoms with E-state index in [2.05, 4.69) is 0 Å². The average molecular weight is 264 g/mol. The van der Waals surface area contributed by atoms with Crippen molar-refractivity contribution in [2.24, 2.45) is 0 Å². The zero-order chi connectivity index (χ0) is 13.8. The maximum Gasteiger partial charge on any atom is 0.113 e. The highest BCUT2D eigenvalue weighted by molar-refractivity contribution is 6.32. The SMILES string of the molecule is [B]c1ccc(COCCOCCOCCOC)cc1. The minimum absolute atomic E-state index is 0.572. The quantitative estimate of drug-likeness (QED) is 0.435. The highest BCUT2D eigenvalue weighted by Gasteiger charge is 1.94. The van der Waals surface area contributed by atoms with Gasteiger partial charge in [0, 0.05) is 7.11 Å². The first-order valence-electron chi connectivity index (χ1n) is 6.39. The number of methoxy groups -OCH3 is 1. The van der Waals surface area contributed by atoms with Crippen molar-refractivity contribution >= 4 is 13.3 Å². The molecule has 0 amide bonds. The summed E-state index contributed by atoms with van der Waals surface area (Å²) in [6.07, 6.45) is 0. The fraction of sp³-hybridized carbons (Fsp3) is 0.571. The van der Waals surface area contributed by atoms with E-state index in [-0.39, 0.29) is 0 Å². The van der Waals surface area contributed by atoms with Crippen LogP contribution in [0.1, 0.15) is 5.56 Å². The van der Waals surface area contributed by atoms with Crippen LogP contribution in [-0.4, -0.2) is 54.6 Å². The molecule has 0 N–H and O–H groups in total. The standard InChI is InChI=1S/C14H21BO4/c1-16-6-7-17-8-9-18-10-11-19-12-13-2-4-14(15)5-3-13/h2-5H,6-12H2,1H3. The molecule has 0 unspecified atom stereocenters. The molecule has 0 aliphatic rings. The number of hydrogen-bond donors (Lipinski definition) is 0. The Morgan fingerprint density at radius 1 is 0.789 bits per heavy atom. The Hall–Kier alpha value is -0.875. The monoisotopic (exact) mass is 264 g/mol. The second-order valence-corrected chi connectivity index (χ2v) is 4.01. The molecule has 0 heterocycles. The lowest BCUT2D eigenvalue weighted by molar-refractivity contribution is 0.000871. The largest absolute Gasteiger partial charge is 0.382 e. The normalized spacial score (nSPS) is 10.8. The third-order valence-electron chi connectivity index (χ3n) is 2.42. The van der Waals surface area contributed by atoms with E-state index in [1.54, 1.807) is 7.11 Å². The second kappa shape index (κ2) is 11.0. The van der Waals surface area contributed by atoms with Crippen LogP contribution in [0.3, 0.4) is 0 Å². The summed E-state index contributed by atoms with van der Waals surface area (Å²) in [7, 11) is 7.25. The Kier molecular flexibility index (Phi) is 9.36. The van der Waals surface area contributed by atoms with E-state index >= 15 is 0 Å². The van der Waals surface area contributed by atoms with E-state index in [4.69, 9.17) is 26.8 Å². The predicted octanol–water partition coefficient (Wildman–Crippen LogP) is 0.677. The summed E-state index contributed by atoms with van der Waals surface area (Å²) in [5.41, 5.74) is 1.87. The molecular weight excluding hydrogens is 243 g/mol. The van der Waals surface area contributed by atoms with E-state index in [1.807, 2.05) is 24.3 Å². The number of benzene rings is 1. The lowest BCUT2D eigenvalue weighted by Crippen LogP contribution is -2.11. The molecule has 0 bridgehead atoms. The number of ether oxygens (including phenoxy) is 4. The molecule has 0 atom stereocenters. The van der Waals surface area contributed by atoms with E-state index in [0.717, 1.165) is 11.0 Å². The summed E-state index contributed by atoms with van der Waals surface area (Å²) in [6.45, 7) is 4.10. The second-order valence-electron chi connectivity index (χ2n) is 4.01. The minimum atomic E-state index is 0.572. The van der Waals surface area contributed by atoms with Crippen LogP contribution in [0.2, 0.25) is 0 Å². The van der Waals surface area contributed by atoms with Gasteiger partial charge in [0.05, 0.1) is 46.2 Å². The highest BCUT2D eigenvalue weighted by Crippen LogP contribution is 1.98. The zero-order valence-corrected chi connectivity index (χ0v) is 11.5. The zero-order valence-electron chi connectivity index (χ0n) is 11.5. The van der Waals surface area contributed by atoms with E-state index in [1.165, 1.54) is 0 Å². The van der Waals surface area contributed by atoms with Gasteiger partial charge in [-0.3, -0.25) is 0 Å². The van der Waals surface area contributed by atoms with Crippen molar-refractivity contribution in [3.63, 3.8) is 0 Å². The smallest absolute Gasteiger partial charge is 0.113 e. The van der Waals surface area contributed by atoms with Crippen LogP contribution in [0.5, 0.6) is 0 Å². The summed E-state index contributed by atoms with van der Waals surface area (Å²) < 4.78 is 21.0. The molecule has 0 fully saturated rings. The van der Waals surface area contributed by atoms with Crippen molar-refractivity contribution in [3.8, 4) is 0 Å². The van der Waals surface area contributed by atoms with Gasteiger partial charge in [0.1, 0.15) is 7.85 Å². The van der Waals surface area contributed by atoms with Crippen LogP contribution in [-0.2, 0) is 25.6 Å². The molecule has 0 aliphatic carbocycles. The first-order valence-corrected chi connectivity index (χ1v) is 6.39. The fourth-order valence-electron chi connectivity index (χ4n) is 1.39. The van der Waals surface area contributed by atoms with Gasteiger partial charge in [-0.05, 0) is 5.56 Å². The van der Waals surface area contributed by atoms with Crippen molar-refractivity contribution in [2.45, 2.75) is 6.61 Å². The van der Waals surface area contributed by atoms with Crippen molar-refractivity contribution in [2.75, 3.05) is 46.8 Å². The Bertz CT molecular complexity index is 316. The molecule has 2 radical (unpaired) electrons. The minimum Gasteiger partial charge on any atom is -0.382 e. The van der Waals surface area contributed by atoms with Crippen LogP contribution < -0.4 is 5.46 Å². The molecular formula is C14H21BO4. The van der Waals surface area contributed by atoms with Crippen LogP contribution in [0.15, 0.2) is 24.3 Å². The predicted molar refractivity (Wildman–Crippen MR) is 75.0 cm³/mol. The third-order valence-corrected chi connectivity index (χ3v) is 2.42. The molecule has 0 spiro atoms. The van der Waals surface area contributed by atoms with Crippen molar-refractivity contribution < 1.29 is 18.9 Å². The van der Waals surface area contributed by atoms with Crippen LogP contribution in [0, 0.1) is 0 Å². The van der Waals surface area contributed by atoms with Crippen LogP contribution in [0.25, 0.3) is 0 Å². The molecule has 104 valence electrons. The van der Waals surface area contributed by atoms with Crippen LogP contribution in [0.4, 0.5) is 0 Å². The molecule has 4 nitrogen and oxygen atoms in total. The Morgan fingerprint density at radius 2 is 1.32 bits per heavy atom. The van der Waals surface area contributed by atoms with Gasteiger partial charge >= 0.3 is 0 Å². The Labute approximate surface area is 116 Å². The molecule has 0 saturated heterocycles. The van der Waals surface area contributed by atoms with Gasteiger partial charge in [0.15, 0.2) is 0 Å². The van der Waals surface area contributed by atoms with Gasteiger partial charge in [-0.2, -0.15) is 0 Å². The molecule has 0 aliphatic heterocycles. The third kappa shape index (κ3) is 8.78. The fourth-order valence-corrected chi connectivity index (χ4v) is 1.39. The summed E-state index contributed by atoms with van der Waals surface area (Å²) in [5, 5.41) is 0. The van der Waals surface area contributed by atoms with Gasteiger partial charge in [-0.15, -0.1) is 0 Å². The van der Waals surface area contributed by atoms with Gasteiger partial charge in [0.2, 0.25) is 0 Å². The highest BCUT2D eigenvalue weighted by atomic mass is 16.6. The maximum atomic E-state index is 5.60. The van der Waals surface area contributed by atoms with E-state index in [9.17, 15) is 0 Å². The van der Waals surface area contributed by atoms with Crippen LogP contribution >= 0.6 is 0 Å². The Balaban J connectivity index is 1.87. The molecule has 1 aromatic carbocycles. The van der Waals surface area contributed by atoms with E-state index in [0.29, 0.717) is 46.2 Å². The van der Waals surface area contributed by atoms with Gasteiger partial charge in [0.25, 0.3) is 0 Å². The molecule has 0 saturated carbocycles. The van der Waals surface area contributed by atoms with Crippen molar-refractivity contribution in [1.29, 1.82) is 0 Å². The number of rotatable bonds is 11. The first kappa shape index (κ1) is 16.2. The summed E-state index contributed by atoms with van der Waals surface area (Å²) >= 11 is 0. The van der Waals surface area contributed by atoms with Gasteiger partial charge in [-0.25, -0.2) is 0 Å². The molecule has 19 heavy (non-hydrogen) atoms. The summed E-state index contributed by atoms with van der Waals surface area (Å²) in [5.74, 6) is 0. The lowest BCUT2D eigenvalue weighted by atomic mass is 9.95.